The first kappa shape index (κ1) is 18.7. The van der Waals surface area contributed by atoms with Crippen LogP contribution in [0, 0.1) is 11.8 Å². The molecule has 2 atom stereocenters. The van der Waals surface area contributed by atoms with Gasteiger partial charge in [-0.05, 0) is 44.8 Å². The van der Waals surface area contributed by atoms with E-state index in [9.17, 15) is 13.2 Å². The van der Waals surface area contributed by atoms with E-state index in [1.54, 1.807) is 4.90 Å². The molecule has 0 rings (SSSR count). The van der Waals surface area contributed by atoms with Crippen molar-refractivity contribution in [3.8, 4) is 0 Å². The number of hydrogen-bond acceptors (Lipinski definition) is 2. The minimum atomic E-state index is -4.12. The van der Waals surface area contributed by atoms with Gasteiger partial charge in [0.2, 0.25) is 0 Å². The fourth-order valence-electron chi connectivity index (χ4n) is 2.07. The lowest BCUT2D eigenvalue weighted by Gasteiger charge is -2.33. The summed E-state index contributed by atoms with van der Waals surface area (Å²) in [5.74, 6) is 0.761. The maximum absolute atomic E-state index is 12.6. The molecule has 0 saturated heterocycles. The Kier molecular flexibility index (Phi) is 8.66. The molecule has 0 aromatic carbocycles. The highest BCUT2D eigenvalue weighted by atomic mass is 19.4. The van der Waals surface area contributed by atoms with Gasteiger partial charge in [0.1, 0.15) is 0 Å². The van der Waals surface area contributed by atoms with Gasteiger partial charge >= 0.3 is 6.18 Å². The third kappa shape index (κ3) is 9.27. The average Bonchev–Trinajstić information content (AvgIpc) is 2.25. The molecule has 0 amide bonds. The van der Waals surface area contributed by atoms with Crippen LogP contribution >= 0.6 is 0 Å². The molecule has 2 unspecified atom stereocenters. The lowest BCUT2D eigenvalue weighted by molar-refractivity contribution is -0.152. The zero-order valence-corrected chi connectivity index (χ0v) is 12.8. The summed E-state index contributed by atoms with van der Waals surface area (Å²) in [6, 6.07) is -0.0683. The summed E-state index contributed by atoms with van der Waals surface area (Å²) in [7, 11) is 0. The van der Waals surface area contributed by atoms with E-state index >= 15 is 0 Å². The molecule has 0 aromatic rings. The second-order valence-electron chi connectivity index (χ2n) is 5.86. The second-order valence-corrected chi connectivity index (χ2v) is 5.86. The Bertz CT molecular complexity index is 229. The molecule has 1 N–H and O–H groups in total. The van der Waals surface area contributed by atoms with Crippen molar-refractivity contribution in [2.75, 3.05) is 26.2 Å². The molecule has 0 aliphatic carbocycles. The van der Waals surface area contributed by atoms with Gasteiger partial charge in [-0.1, -0.05) is 27.7 Å². The highest BCUT2D eigenvalue weighted by molar-refractivity contribution is 4.76. The Labute approximate surface area is 115 Å². The van der Waals surface area contributed by atoms with E-state index in [0.29, 0.717) is 12.5 Å². The van der Waals surface area contributed by atoms with Crippen molar-refractivity contribution in [3.05, 3.63) is 0 Å². The summed E-state index contributed by atoms with van der Waals surface area (Å²) >= 11 is 0. The lowest BCUT2D eigenvalue weighted by Crippen LogP contribution is -2.46. The molecule has 0 spiro atoms. The van der Waals surface area contributed by atoms with Gasteiger partial charge in [0.05, 0.1) is 6.54 Å². The van der Waals surface area contributed by atoms with E-state index in [2.05, 4.69) is 19.2 Å². The molecular formula is C14H29F3N2. The Hall–Kier alpha value is -0.290. The molecule has 0 aliphatic heterocycles. The van der Waals surface area contributed by atoms with Crippen molar-refractivity contribution in [1.29, 1.82) is 0 Å². The maximum atomic E-state index is 12.6. The van der Waals surface area contributed by atoms with E-state index in [0.717, 1.165) is 19.5 Å². The Morgan fingerprint density at radius 1 is 1.05 bits per heavy atom. The molecule has 0 aromatic heterocycles. The standard InChI is InChI=1S/C14H29F3N2/c1-6-7-19(10-14(15,16)17)13(5)12(4)9-18-8-11(2)3/h11-13,18H,6-10H2,1-5H3. The van der Waals surface area contributed by atoms with Gasteiger partial charge in [0.15, 0.2) is 0 Å². The van der Waals surface area contributed by atoms with Gasteiger partial charge in [0.25, 0.3) is 0 Å². The summed E-state index contributed by atoms with van der Waals surface area (Å²) < 4.78 is 37.7. The zero-order valence-electron chi connectivity index (χ0n) is 12.8. The second kappa shape index (κ2) is 8.80. The molecule has 0 fully saturated rings. The maximum Gasteiger partial charge on any atom is 0.401 e. The zero-order chi connectivity index (χ0) is 15.1. The van der Waals surface area contributed by atoms with Crippen molar-refractivity contribution in [2.24, 2.45) is 11.8 Å². The van der Waals surface area contributed by atoms with E-state index in [4.69, 9.17) is 0 Å². The lowest BCUT2D eigenvalue weighted by atomic mass is 10.0. The highest BCUT2D eigenvalue weighted by Crippen LogP contribution is 2.20. The number of alkyl halides is 3. The summed E-state index contributed by atoms with van der Waals surface area (Å²) in [6.45, 7) is 11.4. The summed E-state index contributed by atoms with van der Waals surface area (Å²) in [4.78, 5) is 1.54. The normalized spacial score (nSPS) is 16.1. The van der Waals surface area contributed by atoms with Crippen LogP contribution in [0.3, 0.4) is 0 Å². The van der Waals surface area contributed by atoms with Crippen molar-refractivity contribution in [2.45, 2.75) is 53.3 Å². The first-order valence-electron chi connectivity index (χ1n) is 7.18. The minimum Gasteiger partial charge on any atom is -0.316 e. The Morgan fingerprint density at radius 3 is 2.05 bits per heavy atom. The number of rotatable bonds is 9. The van der Waals surface area contributed by atoms with Crippen LogP contribution in [0.5, 0.6) is 0 Å². The quantitative estimate of drug-likeness (QED) is 0.696. The van der Waals surface area contributed by atoms with Crippen LogP contribution in [-0.2, 0) is 0 Å². The molecule has 0 aliphatic rings. The summed E-state index contributed by atoms with van der Waals surface area (Å²) in [5, 5.41) is 3.32. The molecule has 19 heavy (non-hydrogen) atoms. The van der Waals surface area contributed by atoms with Gasteiger partial charge < -0.3 is 5.32 Å². The molecule has 0 bridgehead atoms. The van der Waals surface area contributed by atoms with Crippen molar-refractivity contribution in [1.82, 2.24) is 10.2 Å². The third-order valence-corrected chi connectivity index (χ3v) is 3.31. The fourth-order valence-corrected chi connectivity index (χ4v) is 2.07. The van der Waals surface area contributed by atoms with E-state index < -0.39 is 12.7 Å². The van der Waals surface area contributed by atoms with Crippen molar-refractivity contribution < 1.29 is 13.2 Å². The minimum absolute atomic E-state index is 0.0683. The molecule has 0 radical (unpaired) electrons. The monoisotopic (exact) mass is 282 g/mol. The van der Waals surface area contributed by atoms with E-state index in [1.165, 1.54) is 0 Å². The number of nitrogens with one attached hydrogen (secondary N) is 1. The van der Waals surface area contributed by atoms with Crippen LogP contribution in [0.15, 0.2) is 0 Å². The predicted octanol–water partition coefficient (Wildman–Crippen LogP) is 3.53. The van der Waals surface area contributed by atoms with Crippen LogP contribution in [-0.4, -0.2) is 43.3 Å². The van der Waals surface area contributed by atoms with E-state index in [-0.39, 0.29) is 12.0 Å². The smallest absolute Gasteiger partial charge is 0.316 e. The molecule has 5 heteroatoms. The van der Waals surface area contributed by atoms with Crippen molar-refractivity contribution in [3.63, 3.8) is 0 Å². The predicted molar refractivity (Wildman–Crippen MR) is 74.3 cm³/mol. The van der Waals surface area contributed by atoms with E-state index in [1.807, 2.05) is 20.8 Å². The van der Waals surface area contributed by atoms with Crippen LogP contribution in [0.25, 0.3) is 0 Å². The number of nitrogens with zero attached hydrogens (tertiary/aromatic N) is 1. The van der Waals surface area contributed by atoms with Gasteiger partial charge in [-0.3, -0.25) is 4.90 Å². The topological polar surface area (TPSA) is 15.3 Å². The SMILES string of the molecule is CCCN(CC(F)(F)F)C(C)C(C)CNCC(C)C. The van der Waals surface area contributed by atoms with Gasteiger partial charge in [-0.25, -0.2) is 0 Å². The molecule has 2 nitrogen and oxygen atoms in total. The number of hydrogen-bond donors (Lipinski definition) is 1. The van der Waals surface area contributed by atoms with Crippen LogP contribution < -0.4 is 5.32 Å². The highest BCUT2D eigenvalue weighted by Gasteiger charge is 2.33. The first-order chi connectivity index (χ1) is 8.67. The molecule has 0 heterocycles. The van der Waals surface area contributed by atoms with Crippen LogP contribution in [0.4, 0.5) is 13.2 Å². The number of halogens is 3. The fraction of sp³-hybridized carbons (Fsp3) is 1.00. The van der Waals surface area contributed by atoms with Crippen LogP contribution in [0.2, 0.25) is 0 Å². The Morgan fingerprint density at radius 2 is 1.63 bits per heavy atom. The summed E-state index contributed by atoms with van der Waals surface area (Å²) in [5.41, 5.74) is 0. The summed E-state index contributed by atoms with van der Waals surface area (Å²) in [6.07, 6.45) is -3.37. The van der Waals surface area contributed by atoms with Crippen LogP contribution in [0.1, 0.15) is 41.0 Å². The largest absolute Gasteiger partial charge is 0.401 e. The van der Waals surface area contributed by atoms with Gasteiger partial charge in [0, 0.05) is 6.04 Å². The third-order valence-electron chi connectivity index (χ3n) is 3.31. The molecular weight excluding hydrogens is 253 g/mol. The molecule has 0 saturated carbocycles. The van der Waals surface area contributed by atoms with Crippen molar-refractivity contribution >= 4 is 0 Å². The van der Waals surface area contributed by atoms with Gasteiger partial charge in [-0.15, -0.1) is 0 Å². The first-order valence-corrected chi connectivity index (χ1v) is 7.18. The Balaban J connectivity index is 4.31. The average molecular weight is 282 g/mol. The van der Waals surface area contributed by atoms with Gasteiger partial charge in [-0.2, -0.15) is 13.2 Å². The molecule has 116 valence electrons.